The van der Waals surface area contributed by atoms with E-state index in [-0.39, 0.29) is 5.60 Å². The van der Waals surface area contributed by atoms with E-state index in [0.717, 1.165) is 25.7 Å². The number of hydrogen-bond acceptors (Lipinski definition) is 2. The first-order chi connectivity index (χ1) is 7.72. The number of carbonyl (C=O) groups excluding carboxylic acids is 1. The van der Waals surface area contributed by atoms with Gasteiger partial charge in [-0.15, -0.1) is 0 Å². The zero-order valence-electron chi connectivity index (χ0n) is 10.9. The first kappa shape index (κ1) is 13.7. The SMILES string of the molecule is CCCCCCCC(=O)CC1(OC)CCC1. The molecule has 1 fully saturated rings. The van der Waals surface area contributed by atoms with Crippen molar-refractivity contribution in [1.82, 2.24) is 0 Å². The molecule has 1 rings (SSSR count). The summed E-state index contributed by atoms with van der Waals surface area (Å²) in [5.41, 5.74) is -0.0689. The molecule has 16 heavy (non-hydrogen) atoms. The Morgan fingerprint density at radius 2 is 1.88 bits per heavy atom. The van der Waals surface area contributed by atoms with Crippen LogP contribution in [0.15, 0.2) is 0 Å². The smallest absolute Gasteiger partial charge is 0.135 e. The summed E-state index contributed by atoms with van der Waals surface area (Å²) in [6, 6.07) is 0. The molecular weight excluding hydrogens is 200 g/mol. The largest absolute Gasteiger partial charge is 0.378 e. The fourth-order valence-electron chi connectivity index (χ4n) is 2.40. The van der Waals surface area contributed by atoms with Crippen molar-refractivity contribution in [3.8, 4) is 0 Å². The van der Waals surface area contributed by atoms with E-state index in [1.165, 1.54) is 32.1 Å². The topological polar surface area (TPSA) is 26.3 Å². The highest BCUT2D eigenvalue weighted by atomic mass is 16.5. The lowest BCUT2D eigenvalue weighted by Crippen LogP contribution is -2.41. The Balaban J connectivity index is 2.06. The first-order valence-corrected chi connectivity index (χ1v) is 6.79. The summed E-state index contributed by atoms with van der Waals surface area (Å²) < 4.78 is 5.47. The third-order valence-electron chi connectivity index (χ3n) is 3.78. The van der Waals surface area contributed by atoms with Gasteiger partial charge < -0.3 is 4.74 Å². The van der Waals surface area contributed by atoms with Crippen molar-refractivity contribution < 1.29 is 9.53 Å². The van der Waals surface area contributed by atoms with Gasteiger partial charge in [0.25, 0.3) is 0 Å². The molecule has 0 aromatic heterocycles. The summed E-state index contributed by atoms with van der Waals surface area (Å²) in [6.45, 7) is 2.21. The van der Waals surface area contributed by atoms with Crippen LogP contribution in [0.2, 0.25) is 0 Å². The molecule has 0 radical (unpaired) electrons. The van der Waals surface area contributed by atoms with Gasteiger partial charge in [-0.2, -0.15) is 0 Å². The first-order valence-electron chi connectivity index (χ1n) is 6.79. The fourth-order valence-corrected chi connectivity index (χ4v) is 2.40. The molecule has 0 unspecified atom stereocenters. The van der Waals surface area contributed by atoms with Crippen molar-refractivity contribution in [3.63, 3.8) is 0 Å². The predicted octanol–water partition coefficient (Wildman–Crippen LogP) is 3.88. The number of hydrogen-bond donors (Lipinski definition) is 0. The monoisotopic (exact) mass is 226 g/mol. The molecule has 0 atom stereocenters. The van der Waals surface area contributed by atoms with Crippen molar-refractivity contribution in [2.24, 2.45) is 0 Å². The Hall–Kier alpha value is -0.370. The van der Waals surface area contributed by atoms with Gasteiger partial charge in [0.1, 0.15) is 5.78 Å². The van der Waals surface area contributed by atoms with Gasteiger partial charge in [0.15, 0.2) is 0 Å². The van der Waals surface area contributed by atoms with Crippen LogP contribution in [0, 0.1) is 0 Å². The van der Waals surface area contributed by atoms with Crippen molar-refractivity contribution in [2.45, 2.75) is 76.7 Å². The molecule has 0 N–H and O–H groups in total. The minimum Gasteiger partial charge on any atom is -0.378 e. The molecular formula is C14H26O2. The highest BCUT2D eigenvalue weighted by molar-refractivity contribution is 5.79. The van der Waals surface area contributed by atoms with E-state index in [1.807, 2.05) is 0 Å². The van der Waals surface area contributed by atoms with Gasteiger partial charge in [-0.1, -0.05) is 32.6 Å². The molecule has 94 valence electrons. The number of ether oxygens (including phenoxy) is 1. The summed E-state index contributed by atoms with van der Waals surface area (Å²) in [6.07, 6.45) is 10.9. The number of unbranched alkanes of at least 4 members (excludes halogenated alkanes) is 4. The molecule has 2 heteroatoms. The third-order valence-corrected chi connectivity index (χ3v) is 3.78. The molecule has 1 aliphatic rings. The summed E-state index contributed by atoms with van der Waals surface area (Å²) >= 11 is 0. The Bertz CT molecular complexity index is 201. The molecule has 1 saturated carbocycles. The Labute approximate surface area is 99.8 Å². The molecule has 0 spiro atoms. The third kappa shape index (κ3) is 4.25. The van der Waals surface area contributed by atoms with Gasteiger partial charge in [0.2, 0.25) is 0 Å². The molecule has 0 amide bonds. The van der Waals surface area contributed by atoms with Crippen LogP contribution in [0.25, 0.3) is 0 Å². The van der Waals surface area contributed by atoms with Gasteiger partial charge in [0, 0.05) is 20.0 Å². The number of ketones is 1. The lowest BCUT2D eigenvalue weighted by atomic mass is 9.76. The minimum absolute atomic E-state index is 0.0689. The molecule has 0 aromatic carbocycles. The Kier molecular flexibility index (Phi) is 6.04. The van der Waals surface area contributed by atoms with E-state index in [2.05, 4.69) is 6.92 Å². The summed E-state index contributed by atoms with van der Waals surface area (Å²) in [4.78, 5) is 11.8. The van der Waals surface area contributed by atoms with Crippen LogP contribution in [0.3, 0.4) is 0 Å². The van der Waals surface area contributed by atoms with Gasteiger partial charge in [0.05, 0.1) is 5.60 Å². The Morgan fingerprint density at radius 1 is 1.19 bits per heavy atom. The normalized spacial score (nSPS) is 18.1. The maximum absolute atomic E-state index is 11.8. The quantitative estimate of drug-likeness (QED) is 0.558. The zero-order valence-corrected chi connectivity index (χ0v) is 10.9. The number of methoxy groups -OCH3 is 1. The minimum atomic E-state index is -0.0689. The molecule has 0 saturated heterocycles. The van der Waals surface area contributed by atoms with Gasteiger partial charge in [-0.25, -0.2) is 0 Å². The van der Waals surface area contributed by atoms with E-state index < -0.39 is 0 Å². The maximum Gasteiger partial charge on any atom is 0.135 e. The lowest BCUT2D eigenvalue weighted by molar-refractivity contribution is -0.132. The second kappa shape index (κ2) is 7.05. The molecule has 1 aliphatic carbocycles. The van der Waals surface area contributed by atoms with Crippen LogP contribution in [0.4, 0.5) is 0 Å². The second-order valence-corrected chi connectivity index (χ2v) is 5.12. The summed E-state index contributed by atoms with van der Waals surface area (Å²) in [7, 11) is 1.74. The van der Waals surface area contributed by atoms with E-state index >= 15 is 0 Å². The van der Waals surface area contributed by atoms with Crippen LogP contribution in [0.5, 0.6) is 0 Å². The van der Waals surface area contributed by atoms with Crippen LogP contribution in [0.1, 0.15) is 71.1 Å². The van der Waals surface area contributed by atoms with Gasteiger partial charge in [-0.3, -0.25) is 4.79 Å². The van der Waals surface area contributed by atoms with E-state index in [9.17, 15) is 4.79 Å². The van der Waals surface area contributed by atoms with E-state index in [4.69, 9.17) is 4.74 Å². The average Bonchev–Trinajstić information content (AvgIpc) is 2.23. The number of carbonyl (C=O) groups is 1. The maximum atomic E-state index is 11.8. The van der Waals surface area contributed by atoms with Gasteiger partial charge >= 0.3 is 0 Å². The standard InChI is InChI=1S/C14H26O2/c1-3-4-5-6-7-9-13(15)12-14(16-2)10-8-11-14/h3-12H2,1-2H3. The highest BCUT2D eigenvalue weighted by Crippen LogP contribution is 2.38. The predicted molar refractivity (Wildman–Crippen MR) is 66.6 cm³/mol. The average molecular weight is 226 g/mol. The molecule has 0 heterocycles. The van der Waals surface area contributed by atoms with Crippen molar-refractivity contribution >= 4 is 5.78 Å². The summed E-state index contributed by atoms with van der Waals surface area (Å²) in [5.74, 6) is 0.401. The number of Topliss-reactive ketones (excluding diaryl/α,β-unsaturated/α-hetero) is 1. The van der Waals surface area contributed by atoms with Crippen LogP contribution in [-0.2, 0) is 9.53 Å². The van der Waals surface area contributed by atoms with Crippen LogP contribution in [-0.4, -0.2) is 18.5 Å². The van der Waals surface area contributed by atoms with Crippen molar-refractivity contribution in [1.29, 1.82) is 0 Å². The lowest BCUT2D eigenvalue weighted by Gasteiger charge is -2.40. The van der Waals surface area contributed by atoms with Crippen LogP contribution < -0.4 is 0 Å². The Morgan fingerprint density at radius 3 is 2.38 bits per heavy atom. The van der Waals surface area contributed by atoms with E-state index in [1.54, 1.807) is 7.11 Å². The van der Waals surface area contributed by atoms with E-state index in [0.29, 0.717) is 12.2 Å². The fraction of sp³-hybridized carbons (Fsp3) is 0.929. The molecule has 0 aliphatic heterocycles. The van der Waals surface area contributed by atoms with Crippen molar-refractivity contribution in [3.05, 3.63) is 0 Å². The van der Waals surface area contributed by atoms with Gasteiger partial charge in [-0.05, 0) is 25.7 Å². The molecule has 2 nitrogen and oxygen atoms in total. The van der Waals surface area contributed by atoms with Crippen molar-refractivity contribution in [2.75, 3.05) is 7.11 Å². The second-order valence-electron chi connectivity index (χ2n) is 5.12. The molecule has 0 aromatic rings. The number of rotatable bonds is 9. The highest BCUT2D eigenvalue weighted by Gasteiger charge is 2.38. The van der Waals surface area contributed by atoms with Crippen LogP contribution >= 0.6 is 0 Å². The summed E-state index contributed by atoms with van der Waals surface area (Å²) in [5, 5.41) is 0. The molecule has 0 bridgehead atoms. The zero-order chi connectivity index (χ0) is 11.9.